The molecule has 2 heterocycles. The summed E-state index contributed by atoms with van der Waals surface area (Å²) in [6, 6.07) is 15.3. The number of nitrogens with one attached hydrogen (secondary N) is 1. The molecule has 2 aromatic carbocycles. The van der Waals surface area contributed by atoms with E-state index in [0.717, 1.165) is 33.1 Å². The molecule has 4 rings (SSSR count). The number of carbonyl (C=O) groups is 1. The van der Waals surface area contributed by atoms with E-state index in [1.54, 1.807) is 7.11 Å². The topological polar surface area (TPSA) is 51.2 Å². The summed E-state index contributed by atoms with van der Waals surface area (Å²) in [6.07, 6.45) is 0.400. The van der Waals surface area contributed by atoms with Gasteiger partial charge in [0.05, 0.1) is 17.7 Å². The summed E-state index contributed by atoms with van der Waals surface area (Å²) in [7, 11) is 1.63. The summed E-state index contributed by atoms with van der Waals surface area (Å²) in [4.78, 5) is 13.4. The first-order chi connectivity index (χ1) is 12.2. The highest BCUT2D eigenvalue weighted by molar-refractivity contribution is 7.07. The number of carbonyl (C=O) groups excluding carboxylic acids is 1. The van der Waals surface area contributed by atoms with Gasteiger partial charge in [-0.2, -0.15) is 4.37 Å². The van der Waals surface area contributed by atoms with Crippen molar-refractivity contribution >= 4 is 34.7 Å². The Bertz CT molecular complexity index is 937. The molecular weight excluding hydrogens is 356 g/mol. The predicted octanol–water partition coefficient (Wildman–Crippen LogP) is 4.95. The third kappa shape index (κ3) is 3.01. The molecule has 25 heavy (non-hydrogen) atoms. The average Bonchev–Trinajstić information content (AvgIpc) is 3.04. The van der Waals surface area contributed by atoms with Crippen LogP contribution < -0.4 is 10.1 Å². The number of hydrogen-bond donors (Lipinski definition) is 1. The van der Waals surface area contributed by atoms with Gasteiger partial charge >= 0.3 is 0 Å². The number of halogens is 1. The zero-order valence-corrected chi connectivity index (χ0v) is 15.0. The SMILES string of the molecule is COc1ccc(-c2nsc3c2NC(=O)C[C@H]3c2cccc(Cl)c2)cc1. The minimum atomic E-state index is -0.0213. The molecule has 1 aliphatic heterocycles. The summed E-state index contributed by atoms with van der Waals surface area (Å²) in [5.41, 5.74) is 3.58. The van der Waals surface area contributed by atoms with E-state index in [9.17, 15) is 4.79 Å². The Kier molecular flexibility index (Phi) is 4.19. The van der Waals surface area contributed by atoms with Gasteiger partial charge in [0.15, 0.2) is 0 Å². The summed E-state index contributed by atoms with van der Waals surface area (Å²) in [5, 5.41) is 3.67. The van der Waals surface area contributed by atoms with Gasteiger partial charge in [-0.15, -0.1) is 0 Å². The summed E-state index contributed by atoms with van der Waals surface area (Å²) in [5.74, 6) is 0.757. The number of benzene rings is 2. The van der Waals surface area contributed by atoms with Crippen molar-refractivity contribution in [1.29, 1.82) is 0 Å². The van der Waals surface area contributed by atoms with E-state index in [-0.39, 0.29) is 11.8 Å². The van der Waals surface area contributed by atoms with Crippen LogP contribution in [0.2, 0.25) is 5.02 Å². The summed E-state index contributed by atoms with van der Waals surface area (Å²) in [6.45, 7) is 0. The second-order valence-corrected chi connectivity index (χ2v) is 7.10. The Morgan fingerprint density at radius 2 is 2.04 bits per heavy atom. The van der Waals surface area contributed by atoms with Gasteiger partial charge in [-0.3, -0.25) is 4.79 Å². The largest absolute Gasteiger partial charge is 0.497 e. The monoisotopic (exact) mass is 370 g/mol. The van der Waals surface area contributed by atoms with Crippen LogP contribution in [-0.4, -0.2) is 17.4 Å². The molecule has 0 bridgehead atoms. The molecule has 4 nitrogen and oxygen atoms in total. The lowest BCUT2D eigenvalue weighted by atomic mass is 9.89. The number of rotatable bonds is 3. The Hall–Kier alpha value is -2.37. The molecule has 6 heteroatoms. The minimum absolute atomic E-state index is 0.00700. The number of anilines is 1. The fourth-order valence-electron chi connectivity index (χ4n) is 3.07. The van der Waals surface area contributed by atoms with Gasteiger partial charge < -0.3 is 10.1 Å². The maximum absolute atomic E-state index is 12.3. The third-order valence-corrected chi connectivity index (χ3v) is 5.50. The van der Waals surface area contributed by atoms with Gasteiger partial charge in [-0.25, -0.2) is 0 Å². The molecule has 0 spiro atoms. The second kappa shape index (κ2) is 6.50. The highest BCUT2D eigenvalue weighted by atomic mass is 35.5. The minimum Gasteiger partial charge on any atom is -0.497 e. The molecule has 1 amide bonds. The molecule has 0 saturated heterocycles. The van der Waals surface area contributed by atoms with Crippen molar-refractivity contribution in [3.05, 3.63) is 64.0 Å². The van der Waals surface area contributed by atoms with Gasteiger partial charge in [0.2, 0.25) is 5.91 Å². The number of nitrogens with zero attached hydrogens (tertiary/aromatic N) is 1. The van der Waals surface area contributed by atoms with Crippen LogP contribution in [0.15, 0.2) is 48.5 Å². The Morgan fingerprint density at radius 1 is 1.24 bits per heavy atom. The zero-order chi connectivity index (χ0) is 17.4. The van der Waals surface area contributed by atoms with Crippen LogP contribution in [0.3, 0.4) is 0 Å². The van der Waals surface area contributed by atoms with E-state index >= 15 is 0 Å². The number of aromatic nitrogens is 1. The zero-order valence-electron chi connectivity index (χ0n) is 13.5. The van der Waals surface area contributed by atoms with Crippen molar-refractivity contribution in [2.24, 2.45) is 0 Å². The summed E-state index contributed by atoms with van der Waals surface area (Å²) >= 11 is 7.56. The average molecular weight is 371 g/mol. The van der Waals surface area contributed by atoms with Gasteiger partial charge in [-0.05, 0) is 53.5 Å². The first-order valence-corrected chi connectivity index (χ1v) is 9.00. The highest BCUT2D eigenvalue weighted by Crippen LogP contribution is 2.45. The first kappa shape index (κ1) is 16.1. The standard InChI is InChI=1S/C19H15ClN2O2S/c1-24-14-7-5-11(6-8-14)17-18-19(25-22-17)15(10-16(23)21-18)12-3-2-4-13(20)9-12/h2-9,15H,10H2,1H3,(H,21,23)/t15-/m0/s1. The van der Waals surface area contributed by atoms with Gasteiger partial charge in [-0.1, -0.05) is 23.7 Å². The van der Waals surface area contributed by atoms with Crippen LogP contribution >= 0.6 is 23.1 Å². The van der Waals surface area contributed by atoms with Crippen LogP contribution in [0.5, 0.6) is 5.75 Å². The molecule has 126 valence electrons. The summed E-state index contributed by atoms with van der Waals surface area (Å²) < 4.78 is 9.81. The van der Waals surface area contributed by atoms with Gasteiger partial charge in [0.25, 0.3) is 0 Å². The molecule has 1 atom stereocenters. The Balaban J connectivity index is 1.78. The van der Waals surface area contributed by atoms with Crippen LogP contribution in [0.25, 0.3) is 11.3 Å². The lowest BCUT2D eigenvalue weighted by Crippen LogP contribution is -2.22. The molecule has 0 saturated carbocycles. The molecule has 3 aromatic rings. The van der Waals surface area contributed by atoms with Crippen molar-refractivity contribution in [1.82, 2.24) is 4.37 Å². The lowest BCUT2D eigenvalue weighted by molar-refractivity contribution is -0.116. The molecule has 1 aromatic heterocycles. The van der Waals surface area contributed by atoms with Crippen molar-refractivity contribution in [3.8, 4) is 17.0 Å². The maximum atomic E-state index is 12.3. The van der Waals surface area contributed by atoms with Crippen molar-refractivity contribution in [3.63, 3.8) is 0 Å². The van der Waals surface area contributed by atoms with Crippen LogP contribution in [0.1, 0.15) is 22.8 Å². The number of ether oxygens (including phenoxy) is 1. The van der Waals surface area contributed by atoms with Crippen molar-refractivity contribution < 1.29 is 9.53 Å². The molecule has 0 fully saturated rings. The number of amides is 1. The van der Waals surface area contributed by atoms with E-state index in [1.807, 2.05) is 48.5 Å². The van der Waals surface area contributed by atoms with E-state index in [1.165, 1.54) is 11.5 Å². The van der Waals surface area contributed by atoms with Crippen LogP contribution in [0, 0.1) is 0 Å². The normalized spacial score (nSPS) is 16.2. The Labute approximate surface area is 154 Å². The van der Waals surface area contributed by atoms with Crippen LogP contribution in [-0.2, 0) is 4.79 Å². The fraction of sp³-hybridized carbons (Fsp3) is 0.158. The predicted molar refractivity (Wildman–Crippen MR) is 101 cm³/mol. The smallest absolute Gasteiger partial charge is 0.225 e. The highest BCUT2D eigenvalue weighted by Gasteiger charge is 2.31. The van der Waals surface area contributed by atoms with E-state index in [0.29, 0.717) is 11.4 Å². The van der Waals surface area contributed by atoms with E-state index in [4.69, 9.17) is 16.3 Å². The van der Waals surface area contributed by atoms with Gasteiger partial charge in [0.1, 0.15) is 11.4 Å². The number of hydrogen-bond acceptors (Lipinski definition) is 4. The number of methoxy groups -OCH3 is 1. The van der Waals surface area contributed by atoms with Gasteiger partial charge in [0, 0.05) is 22.9 Å². The maximum Gasteiger partial charge on any atom is 0.225 e. The fourth-order valence-corrected chi connectivity index (χ4v) is 4.24. The second-order valence-electron chi connectivity index (χ2n) is 5.86. The lowest BCUT2D eigenvalue weighted by Gasteiger charge is -2.23. The molecule has 1 N–H and O–H groups in total. The molecule has 0 unspecified atom stereocenters. The molecule has 1 aliphatic rings. The number of fused-ring (bicyclic) bond motifs is 1. The van der Waals surface area contributed by atoms with Crippen molar-refractivity contribution in [2.75, 3.05) is 12.4 Å². The van der Waals surface area contributed by atoms with E-state index in [2.05, 4.69) is 9.69 Å². The van der Waals surface area contributed by atoms with Crippen molar-refractivity contribution in [2.45, 2.75) is 12.3 Å². The van der Waals surface area contributed by atoms with Crippen LogP contribution in [0.4, 0.5) is 5.69 Å². The molecule has 0 aliphatic carbocycles. The third-order valence-electron chi connectivity index (χ3n) is 4.30. The first-order valence-electron chi connectivity index (χ1n) is 7.85. The quantitative estimate of drug-likeness (QED) is 0.710. The molecule has 0 radical (unpaired) electrons. The Morgan fingerprint density at radius 3 is 2.76 bits per heavy atom. The van der Waals surface area contributed by atoms with E-state index < -0.39 is 0 Å². The molecular formula is C19H15ClN2O2S.